The number of nitrogens with two attached hydrogens (primary N) is 1. The summed E-state index contributed by atoms with van der Waals surface area (Å²) in [6, 6.07) is 1.56. The van der Waals surface area contributed by atoms with Crippen molar-refractivity contribution in [2.75, 3.05) is 13.2 Å². The van der Waals surface area contributed by atoms with Crippen molar-refractivity contribution < 1.29 is 13.2 Å². The topological polar surface area (TPSA) is 97.2 Å². The molecule has 1 aromatic heterocycles. The highest BCUT2D eigenvalue weighted by Gasteiger charge is 2.28. The van der Waals surface area contributed by atoms with Crippen LogP contribution in [-0.2, 0) is 21.3 Å². The summed E-state index contributed by atoms with van der Waals surface area (Å²) >= 11 is 0. The SMILES string of the molecule is CCC1OCCC1CNS(=O)(=O)c1c[nH]c(CN)c1. The van der Waals surface area contributed by atoms with E-state index in [1.54, 1.807) is 6.07 Å². The number of ether oxygens (including phenoxy) is 1. The summed E-state index contributed by atoms with van der Waals surface area (Å²) in [5.41, 5.74) is 6.16. The molecular weight excluding hydrogens is 266 g/mol. The molecule has 2 heterocycles. The monoisotopic (exact) mass is 287 g/mol. The number of hydrogen-bond donors (Lipinski definition) is 3. The molecule has 4 N–H and O–H groups in total. The first-order valence-electron chi connectivity index (χ1n) is 6.55. The van der Waals surface area contributed by atoms with Gasteiger partial charge in [-0.2, -0.15) is 0 Å². The van der Waals surface area contributed by atoms with E-state index in [4.69, 9.17) is 10.5 Å². The van der Waals surface area contributed by atoms with Crippen LogP contribution in [-0.4, -0.2) is 32.7 Å². The maximum Gasteiger partial charge on any atom is 0.242 e. The van der Waals surface area contributed by atoms with Crippen molar-refractivity contribution in [1.29, 1.82) is 0 Å². The van der Waals surface area contributed by atoms with Crippen LogP contribution in [0.15, 0.2) is 17.2 Å². The summed E-state index contributed by atoms with van der Waals surface area (Å²) in [5.74, 6) is 0.257. The predicted molar refractivity (Wildman–Crippen MR) is 72.0 cm³/mol. The Morgan fingerprint density at radius 1 is 1.58 bits per heavy atom. The molecule has 0 aromatic carbocycles. The van der Waals surface area contributed by atoms with Crippen LogP contribution in [0.4, 0.5) is 0 Å². The van der Waals surface area contributed by atoms with Gasteiger partial charge in [-0.3, -0.25) is 0 Å². The molecule has 0 amide bonds. The fourth-order valence-corrected chi connectivity index (χ4v) is 3.48. The summed E-state index contributed by atoms with van der Waals surface area (Å²) in [6.07, 6.45) is 3.44. The van der Waals surface area contributed by atoms with Crippen LogP contribution < -0.4 is 10.5 Å². The van der Waals surface area contributed by atoms with Gasteiger partial charge in [-0.1, -0.05) is 6.92 Å². The third kappa shape index (κ3) is 3.36. The van der Waals surface area contributed by atoms with Crippen molar-refractivity contribution in [2.45, 2.75) is 37.3 Å². The van der Waals surface area contributed by atoms with Gasteiger partial charge in [-0.15, -0.1) is 0 Å². The number of aromatic amines is 1. The van der Waals surface area contributed by atoms with Crippen LogP contribution in [0.2, 0.25) is 0 Å². The molecule has 1 aromatic rings. The lowest BCUT2D eigenvalue weighted by atomic mass is 10.0. The standard InChI is InChI=1S/C12H21N3O3S/c1-2-12-9(3-4-18-12)7-15-19(16,17)11-5-10(6-13)14-8-11/h5,8-9,12,14-15H,2-4,6-7,13H2,1H3. The number of aromatic nitrogens is 1. The normalized spacial score (nSPS) is 23.9. The largest absolute Gasteiger partial charge is 0.378 e. The molecule has 0 saturated carbocycles. The Kier molecular flexibility index (Phi) is 4.62. The molecule has 0 bridgehead atoms. The molecule has 0 radical (unpaired) electrons. The number of rotatable bonds is 6. The predicted octanol–water partition coefficient (Wildman–Crippen LogP) is 0.567. The van der Waals surface area contributed by atoms with Crippen LogP contribution in [0, 0.1) is 5.92 Å². The van der Waals surface area contributed by atoms with Crippen molar-refractivity contribution in [1.82, 2.24) is 9.71 Å². The Labute approximate surface area is 113 Å². The van der Waals surface area contributed by atoms with Crippen molar-refractivity contribution in [3.63, 3.8) is 0 Å². The number of nitrogens with one attached hydrogen (secondary N) is 2. The molecule has 2 unspecified atom stereocenters. The van der Waals surface area contributed by atoms with E-state index in [0.29, 0.717) is 25.4 Å². The van der Waals surface area contributed by atoms with Gasteiger partial charge in [0.05, 0.1) is 11.0 Å². The second kappa shape index (κ2) is 6.04. The van der Waals surface area contributed by atoms with E-state index in [-0.39, 0.29) is 16.9 Å². The number of H-pyrrole nitrogens is 1. The smallest absolute Gasteiger partial charge is 0.242 e. The van der Waals surface area contributed by atoms with Gasteiger partial charge in [-0.05, 0) is 18.9 Å². The van der Waals surface area contributed by atoms with E-state index in [2.05, 4.69) is 16.6 Å². The fraction of sp³-hybridized carbons (Fsp3) is 0.667. The highest BCUT2D eigenvalue weighted by atomic mass is 32.2. The minimum Gasteiger partial charge on any atom is -0.378 e. The second-order valence-corrected chi connectivity index (χ2v) is 6.55. The Morgan fingerprint density at radius 3 is 3.00 bits per heavy atom. The first-order valence-corrected chi connectivity index (χ1v) is 8.03. The highest BCUT2D eigenvalue weighted by molar-refractivity contribution is 7.89. The van der Waals surface area contributed by atoms with Crippen LogP contribution in [0.5, 0.6) is 0 Å². The van der Waals surface area contributed by atoms with E-state index < -0.39 is 10.0 Å². The molecule has 7 heteroatoms. The molecule has 0 spiro atoms. The van der Waals surface area contributed by atoms with Crippen LogP contribution in [0.3, 0.4) is 0 Å². The molecule has 6 nitrogen and oxygen atoms in total. The van der Waals surface area contributed by atoms with E-state index in [1.165, 1.54) is 6.20 Å². The van der Waals surface area contributed by atoms with Gasteiger partial charge in [0, 0.05) is 37.5 Å². The lowest BCUT2D eigenvalue weighted by Crippen LogP contribution is -2.32. The Bertz CT molecular complexity index is 512. The van der Waals surface area contributed by atoms with Crippen LogP contribution in [0.25, 0.3) is 0 Å². The van der Waals surface area contributed by atoms with E-state index in [0.717, 1.165) is 12.8 Å². The van der Waals surface area contributed by atoms with Crippen molar-refractivity contribution in [3.05, 3.63) is 18.0 Å². The first-order chi connectivity index (χ1) is 9.06. The number of sulfonamides is 1. The van der Waals surface area contributed by atoms with Crippen LogP contribution >= 0.6 is 0 Å². The highest BCUT2D eigenvalue weighted by Crippen LogP contribution is 2.23. The molecule has 108 valence electrons. The maximum atomic E-state index is 12.1. The van der Waals surface area contributed by atoms with Crippen molar-refractivity contribution >= 4 is 10.0 Å². The Balaban J connectivity index is 1.97. The van der Waals surface area contributed by atoms with Crippen molar-refractivity contribution in [2.24, 2.45) is 11.7 Å². The van der Waals surface area contributed by atoms with Gasteiger partial charge in [-0.25, -0.2) is 13.1 Å². The average Bonchev–Trinajstić information content (AvgIpc) is 3.05. The maximum absolute atomic E-state index is 12.1. The zero-order valence-electron chi connectivity index (χ0n) is 11.1. The molecule has 2 atom stereocenters. The minimum atomic E-state index is -3.46. The van der Waals surface area contributed by atoms with Crippen LogP contribution in [0.1, 0.15) is 25.5 Å². The van der Waals surface area contributed by atoms with E-state index in [1.807, 2.05) is 0 Å². The third-order valence-electron chi connectivity index (χ3n) is 3.53. The van der Waals surface area contributed by atoms with Gasteiger partial charge < -0.3 is 15.5 Å². The Hall–Kier alpha value is -0.890. The zero-order chi connectivity index (χ0) is 13.9. The third-order valence-corrected chi connectivity index (χ3v) is 4.93. The summed E-state index contributed by atoms with van der Waals surface area (Å²) in [7, 11) is -3.46. The number of hydrogen-bond acceptors (Lipinski definition) is 4. The molecule has 0 aliphatic carbocycles. The molecular formula is C12H21N3O3S. The van der Waals surface area contributed by atoms with Gasteiger partial charge in [0.1, 0.15) is 0 Å². The summed E-state index contributed by atoms with van der Waals surface area (Å²) in [6.45, 7) is 3.48. The first kappa shape index (κ1) is 14.5. The lowest BCUT2D eigenvalue weighted by Gasteiger charge is -2.16. The van der Waals surface area contributed by atoms with Gasteiger partial charge in [0.15, 0.2) is 0 Å². The molecule has 19 heavy (non-hydrogen) atoms. The van der Waals surface area contributed by atoms with Gasteiger partial charge in [0.2, 0.25) is 10.0 Å². The van der Waals surface area contributed by atoms with E-state index >= 15 is 0 Å². The molecule has 1 saturated heterocycles. The fourth-order valence-electron chi connectivity index (χ4n) is 2.37. The lowest BCUT2D eigenvalue weighted by molar-refractivity contribution is 0.0884. The molecule has 1 aliphatic rings. The summed E-state index contributed by atoms with van der Waals surface area (Å²) < 4.78 is 32.4. The Morgan fingerprint density at radius 2 is 2.37 bits per heavy atom. The molecule has 1 fully saturated rings. The van der Waals surface area contributed by atoms with Crippen molar-refractivity contribution in [3.8, 4) is 0 Å². The molecule has 1 aliphatic heterocycles. The van der Waals surface area contributed by atoms with Gasteiger partial charge >= 0.3 is 0 Å². The quantitative estimate of drug-likeness (QED) is 0.712. The molecule has 2 rings (SSSR count). The minimum absolute atomic E-state index is 0.161. The second-order valence-electron chi connectivity index (χ2n) is 4.78. The summed E-state index contributed by atoms with van der Waals surface area (Å²) in [4.78, 5) is 3.08. The van der Waals surface area contributed by atoms with Gasteiger partial charge in [0.25, 0.3) is 0 Å². The zero-order valence-corrected chi connectivity index (χ0v) is 11.9. The average molecular weight is 287 g/mol. The summed E-state index contributed by atoms with van der Waals surface area (Å²) in [5, 5.41) is 0. The van der Waals surface area contributed by atoms with E-state index in [9.17, 15) is 8.42 Å².